The highest BCUT2D eigenvalue weighted by atomic mass is 35.5. The molecule has 3 nitrogen and oxygen atoms in total. The van der Waals surface area contributed by atoms with Crippen LogP contribution >= 0.6 is 23.2 Å². The molecule has 2 aromatic rings. The molecule has 1 aromatic carbocycles. The molecule has 2 N–H and O–H groups in total. The molecule has 5 heteroatoms. The van der Waals surface area contributed by atoms with Crippen LogP contribution in [0.1, 0.15) is 16.1 Å². The quantitative estimate of drug-likeness (QED) is 0.914. The van der Waals surface area contributed by atoms with E-state index >= 15 is 0 Å². The molecule has 0 bridgehead atoms. The molecular weight excluding hydrogens is 259 g/mol. The van der Waals surface area contributed by atoms with Gasteiger partial charge in [-0.1, -0.05) is 23.2 Å². The summed E-state index contributed by atoms with van der Waals surface area (Å²) in [5.41, 5.74) is 6.55. The van der Waals surface area contributed by atoms with Crippen LogP contribution in [0.3, 0.4) is 0 Å². The first-order chi connectivity index (χ1) is 8.08. The summed E-state index contributed by atoms with van der Waals surface area (Å²) in [4.78, 5) is 11.2. The fourth-order valence-corrected chi connectivity index (χ4v) is 2.00. The highest BCUT2D eigenvalue weighted by molar-refractivity contribution is 6.33. The molecule has 0 fully saturated rings. The standard InChI is InChI=1S/C12H10Cl2N2O/c13-9-3-4-10(14)8(6-9)7-16-5-1-2-11(16)12(15)17/h1-6H,7H2,(H2,15,17). The van der Waals surface area contributed by atoms with Gasteiger partial charge in [0.15, 0.2) is 0 Å². The largest absolute Gasteiger partial charge is 0.364 e. The van der Waals surface area contributed by atoms with Crippen molar-refractivity contribution in [2.24, 2.45) is 5.73 Å². The maximum atomic E-state index is 11.2. The predicted octanol–water partition coefficient (Wildman–Crippen LogP) is 2.94. The van der Waals surface area contributed by atoms with Crippen LogP contribution in [0, 0.1) is 0 Å². The van der Waals surface area contributed by atoms with Crippen molar-refractivity contribution in [2.75, 3.05) is 0 Å². The zero-order chi connectivity index (χ0) is 12.4. The lowest BCUT2D eigenvalue weighted by Crippen LogP contribution is -2.17. The van der Waals surface area contributed by atoms with Crippen molar-refractivity contribution in [1.82, 2.24) is 4.57 Å². The van der Waals surface area contributed by atoms with Crippen LogP contribution in [0.2, 0.25) is 10.0 Å². The van der Waals surface area contributed by atoms with Crippen molar-refractivity contribution in [2.45, 2.75) is 6.54 Å². The Bertz CT molecular complexity index is 563. The molecule has 1 amide bonds. The number of amides is 1. The van der Waals surface area contributed by atoms with Crippen molar-refractivity contribution in [3.8, 4) is 0 Å². The first-order valence-electron chi connectivity index (χ1n) is 4.97. The van der Waals surface area contributed by atoms with E-state index < -0.39 is 5.91 Å². The molecule has 88 valence electrons. The van der Waals surface area contributed by atoms with Crippen LogP contribution in [-0.2, 0) is 6.54 Å². The maximum Gasteiger partial charge on any atom is 0.265 e. The molecule has 0 unspecified atom stereocenters. The Morgan fingerprint density at radius 2 is 2.06 bits per heavy atom. The molecule has 0 spiro atoms. The second-order valence-electron chi connectivity index (χ2n) is 3.62. The van der Waals surface area contributed by atoms with E-state index in [0.717, 1.165) is 5.56 Å². The zero-order valence-electron chi connectivity index (χ0n) is 8.86. The number of carbonyl (C=O) groups excluding carboxylic acids is 1. The van der Waals surface area contributed by atoms with E-state index in [1.165, 1.54) is 0 Å². The molecule has 0 saturated heterocycles. The van der Waals surface area contributed by atoms with Crippen molar-refractivity contribution >= 4 is 29.1 Å². The van der Waals surface area contributed by atoms with Gasteiger partial charge in [0.1, 0.15) is 5.69 Å². The van der Waals surface area contributed by atoms with E-state index in [1.807, 2.05) is 0 Å². The first-order valence-corrected chi connectivity index (χ1v) is 5.72. The van der Waals surface area contributed by atoms with Crippen molar-refractivity contribution in [3.05, 3.63) is 57.8 Å². The van der Waals surface area contributed by atoms with Crippen LogP contribution < -0.4 is 5.73 Å². The van der Waals surface area contributed by atoms with Gasteiger partial charge in [0.2, 0.25) is 0 Å². The number of primary amides is 1. The van der Waals surface area contributed by atoms with Crippen molar-refractivity contribution in [1.29, 1.82) is 0 Å². The molecule has 0 atom stereocenters. The second kappa shape index (κ2) is 4.82. The van der Waals surface area contributed by atoms with E-state index in [2.05, 4.69) is 0 Å². The minimum Gasteiger partial charge on any atom is -0.364 e. The number of carbonyl (C=O) groups is 1. The molecule has 2 rings (SSSR count). The second-order valence-corrected chi connectivity index (χ2v) is 4.46. The van der Waals surface area contributed by atoms with Crippen LogP contribution in [0.15, 0.2) is 36.5 Å². The van der Waals surface area contributed by atoms with Crippen LogP contribution in [0.5, 0.6) is 0 Å². The third kappa shape index (κ3) is 2.62. The van der Waals surface area contributed by atoms with Gasteiger partial charge in [0.25, 0.3) is 5.91 Å². The fraction of sp³-hybridized carbons (Fsp3) is 0.0833. The summed E-state index contributed by atoms with van der Waals surface area (Å²) < 4.78 is 1.74. The number of hydrogen-bond donors (Lipinski definition) is 1. The Labute approximate surface area is 109 Å². The van der Waals surface area contributed by atoms with E-state index in [-0.39, 0.29) is 0 Å². The summed E-state index contributed by atoms with van der Waals surface area (Å²) >= 11 is 12.0. The van der Waals surface area contributed by atoms with Gasteiger partial charge in [-0.15, -0.1) is 0 Å². The SMILES string of the molecule is NC(=O)c1cccn1Cc1cc(Cl)ccc1Cl. The van der Waals surface area contributed by atoms with E-state index in [1.54, 1.807) is 41.1 Å². The summed E-state index contributed by atoms with van der Waals surface area (Å²) in [6.45, 7) is 0.463. The summed E-state index contributed by atoms with van der Waals surface area (Å²) in [7, 11) is 0. The Balaban J connectivity index is 2.34. The minimum absolute atomic E-state index is 0.445. The van der Waals surface area contributed by atoms with Gasteiger partial charge in [-0.3, -0.25) is 4.79 Å². The number of nitrogens with zero attached hydrogens (tertiary/aromatic N) is 1. The van der Waals surface area contributed by atoms with Crippen molar-refractivity contribution < 1.29 is 4.79 Å². The number of aromatic nitrogens is 1. The normalized spacial score (nSPS) is 10.5. The van der Waals surface area contributed by atoms with Crippen LogP contribution in [0.25, 0.3) is 0 Å². The molecule has 17 heavy (non-hydrogen) atoms. The number of halogens is 2. The third-order valence-corrected chi connectivity index (χ3v) is 3.03. The average molecular weight is 269 g/mol. The molecular formula is C12H10Cl2N2O. The van der Waals surface area contributed by atoms with Crippen LogP contribution in [0.4, 0.5) is 0 Å². The van der Waals surface area contributed by atoms with Crippen molar-refractivity contribution in [3.63, 3.8) is 0 Å². The zero-order valence-corrected chi connectivity index (χ0v) is 10.4. The molecule has 1 heterocycles. The Morgan fingerprint density at radius 3 is 2.76 bits per heavy atom. The smallest absolute Gasteiger partial charge is 0.265 e. The molecule has 0 radical (unpaired) electrons. The summed E-state index contributed by atoms with van der Waals surface area (Å²) in [5, 5.41) is 1.22. The molecule has 0 aliphatic carbocycles. The fourth-order valence-electron chi connectivity index (χ4n) is 1.62. The van der Waals surface area contributed by atoms with Gasteiger partial charge in [-0.25, -0.2) is 0 Å². The predicted molar refractivity (Wildman–Crippen MR) is 68.5 cm³/mol. The average Bonchev–Trinajstić information content (AvgIpc) is 2.71. The third-order valence-electron chi connectivity index (χ3n) is 2.43. The van der Waals surface area contributed by atoms with Gasteiger partial charge in [0, 0.05) is 22.8 Å². The van der Waals surface area contributed by atoms with Gasteiger partial charge in [0.05, 0.1) is 0 Å². The van der Waals surface area contributed by atoms with E-state index in [4.69, 9.17) is 28.9 Å². The van der Waals surface area contributed by atoms with E-state index in [0.29, 0.717) is 22.3 Å². The molecule has 1 aromatic heterocycles. The van der Waals surface area contributed by atoms with E-state index in [9.17, 15) is 4.79 Å². The number of benzene rings is 1. The maximum absolute atomic E-state index is 11.2. The van der Waals surface area contributed by atoms with Gasteiger partial charge in [-0.05, 0) is 35.9 Å². The van der Waals surface area contributed by atoms with Crippen LogP contribution in [-0.4, -0.2) is 10.5 Å². The highest BCUT2D eigenvalue weighted by Gasteiger charge is 2.09. The highest BCUT2D eigenvalue weighted by Crippen LogP contribution is 2.22. The van der Waals surface area contributed by atoms with Gasteiger partial charge >= 0.3 is 0 Å². The lowest BCUT2D eigenvalue weighted by atomic mass is 10.2. The lowest BCUT2D eigenvalue weighted by Gasteiger charge is -2.09. The number of rotatable bonds is 3. The Hall–Kier alpha value is -1.45. The summed E-state index contributed by atoms with van der Waals surface area (Å²) in [6, 6.07) is 8.65. The Morgan fingerprint density at radius 1 is 1.29 bits per heavy atom. The first kappa shape index (κ1) is 12.0. The van der Waals surface area contributed by atoms with Gasteiger partial charge < -0.3 is 10.3 Å². The molecule has 0 saturated carbocycles. The summed E-state index contributed by atoms with van der Waals surface area (Å²) in [6.07, 6.45) is 1.78. The number of nitrogens with two attached hydrogens (primary N) is 1. The Kier molecular flexibility index (Phi) is 3.41. The monoisotopic (exact) mass is 268 g/mol. The summed E-state index contributed by atoms with van der Waals surface area (Å²) in [5.74, 6) is -0.465. The minimum atomic E-state index is -0.465. The topological polar surface area (TPSA) is 48.0 Å². The lowest BCUT2D eigenvalue weighted by molar-refractivity contribution is 0.0992. The molecule has 0 aliphatic rings. The molecule has 0 aliphatic heterocycles. The van der Waals surface area contributed by atoms with Gasteiger partial charge in [-0.2, -0.15) is 0 Å². The number of hydrogen-bond acceptors (Lipinski definition) is 1.